The summed E-state index contributed by atoms with van der Waals surface area (Å²) < 4.78 is 19.5. The molecule has 0 saturated carbocycles. The van der Waals surface area contributed by atoms with Crippen molar-refractivity contribution in [1.29, 1.82) is 5.26 Å². The van der Waals surface area contributed by atoms with Crippen molar-refractivity contribution in [3.8, 4) is 11.8 Å². The molecule has 2 rings (SSSR count). The SMILES string of the molecule is COc1ccccc1C(=O)/C(C#N)=C/c1cc(Br)ccc1F. The van der Waals surface area contributed by atoms with Crippen LogP contribution in [-0.4, -0.2) is 12.9 Å². The van der Waals surface area contributed by atoms with E-state index in [2.05, 4.69) is 15.9 Å². The number of nitriles is 1. The van der Waals surface area contributed by atoms with E-state index in [1.54, 1.807) is 30.3 Å². The summed E-state index contributed by atoms with van der Waals surface area (Å²) in [5.41, 5.74) is 0.254. The molecule has 0 aliphatic rings. The third-order valence-electron chi connectivity index (χ3n) is 2.97. The molecule has 0 bridgehead atoms. The van der Waals surface area contributed by atoms with E-state index in [0.717, 1.165) is 0 Å². The average molecular weight is 360 g/mol. The largest absolute Gasteiger partial charge is 0.496 e. The Morgan fingerprint density at radius 1 is 1.32 bits per heavy atom. The average Bonchev–Trinajstić information content (AvgIpc) is 2.55. The first kappa shape index (κ1) is 15.9. The quantitative estimate of drug-likeness (QED) is 0.462. The van der Waals surface area contributed by atoms with E-state index >= 15 is 0 Å². The number of para-hydroxylation sites is 1. The number of hydrogen-bond acceptors (Lipinski definition) is 3. The van der Waals surface area contributed by atoms with Gasteiger partial charge in [-0.25, -0.2) is 4.39 Å². The molecular weight excluding hydrogens is 349 g/mol. The van der Waals surface area contributed by atoms with Gasteiger partial charge >= 0.3 is 0 Å². The van der Waals surface area contributed by atoms with Crippen LogP contribution in [0.3, 0.4) is 0 Å². The summed E-state index contributed by atoms with van der Waals surface area (Å²) in [7, 11) is 1.44. The van der Waals surface area contributed by atoms with Gasteiger partial charge in [-0.3, -0.25) is 4.79 Å². The number of methoxy groups -OCH3 is 1. The lowest BCUT2D eigenvalue weighted by Gasteiger charge is -2.06. The number of nitrogens with zero attached hydrogens (tertiary/aromatic N) is 1. The number of rotatable bonds is 4. The molecule has 0 saturated heterocycles. The van der Waals surface area contributed by atoms with Crippen LogP contribution in [0.15, 0.2) is 52.5 Å². The number of allylic oxidation sites excluding steroid dienone is 1. The zero-order chi connectivity index (χ0) is 16.1. The highest BCUT2D eigenvalue weighted by Crippen LogP contribution is 2.23. The van der Waals surface area contributed by atoms with Crippen LogP contribution in [0.1, 0.15) is 15.9 Å². The Morgan fingerprint density at radius 3 is 2.73 bits per heavy atom. The van der Waals surface area contributed by atoms with E-state index in [-0.39, 0.29) is 16.7 Å². The number of carbonyl (C=O) groups is 1. The predicted octanol–water partition coefficient (Wildman–Crippen LogP) is 4.39. The molecule has 0 amide bonds. The first-order valence-electron chi connectivity index (χ1n) is 6.31. The second-order valence-corrected chi connectivity index (χ2v) is 5.28. The summed E-state index contributed by atoms with van der Waals surface area (Å²) in [5.74, 6) is -0.661. The van der Waals surface area contributed by atoms with Crippen LogP contribution in [0, 0.1) is 17.1 Å². The van der Waals surface area contributed by atoms with Crippen LogP contribution in [0.5, 0.6) is 5.75 Å². The Morgan fingerprint density at radius 2 is 2.05 bits per heavy atom. The number of hydrogen-bond donors (Lipinski definition) is 0. The van der Waals surface area contributed by atoms with E-state index in [0.29, 0.717) is 10.2 Å². The van der Waals surface area contributed by atoms with Gasteiger partial charge in [0.1, 0.15) is 23.2 Å². The maximum Gasteiger partial charge on any atom is 0.207 e. The van der Waals surface area contributed by atoms with Crippen LogP contribution in [-0.2, 0) is 0 Å². The standard InChI is InChI=1S/C17H11BrFNO2/c1-22-16-5-3-2-4-14(16)17(21)12(10-20)8-11-9-13(18)6-7-15(11)19/h2-9H,1H3/b12-8+. The second kappa shape index (κ2) is 7.01. The fourth-order valence-corrected chi connectivity index (χ4v) is 2.29. The molecule has 2 aromatic rings. The normalized spacial score (nSPS) is 10.9. The van der Waals surface area contributed by atoms with E-state index in [1.807, 2.05) is 6.07 Å². The molecule has 0 atom stereocenters. The Hall–Kier alpha value is -2.45. The minimum Gasteiger partial charge on any atom is -0.496 e. The minimum atomic E-state index is -0.515. The highest BCUT2D eigenvalue weighted by atomic mass is 79.9. The molecule has 110 valence electrons. The lowest BCUT2D eigenvalue weighted by Crippen LogP contribution is -2.04. The van der Waals surface area contributed by atoms with Crippen molar-refractivity contribution in [3.05, 3.63) is 69.5 Å². The minimum absolute atomic E-state index is 0.161. The number of ketones is 1. The fraction of sp³-hybridized carbons (Fsp3) is 0.0588. The second-order valence-electron chi connectivity index (χ2n) is 4.37. The zero-order valence-electron chi connectivity index (χ0n) is 11.6. The van der Waals surface area contributed by atoms with Crippen LogP contribution >= 0.6 is 15.9 Å². The van der Waals surface area contributed by atoms with Crippen molar-refractivity contribution in [1.82, 2.24) is 0 Å². The van der Waals surface area contributed by atoms with Crippen molar-refractivity contribution in [2.75, 3.05) is 7.11 Å². The molecule has 0 N–H and O–H groups in total. The molecule has 0 aliphatic heterocycles. The van der Waals surface area contributed by atoms with E-state index in [1.165, 1.54) is 25.3 Å². The predicted molar refractivity (Wildman–Crippen MR) is 85.0 cm³/mol. The van der Waals surface area contributed by atoms with Crippen molar-refractivity contribution >= 4 is 27.8 Å². The van der Waals surface area contributed by atoms with Crippen LogP contribution < -0.4 is 4.74 Å². The van der Waals surface area contributed by atoms with E-state index in [4.69, 9.17) is 4.74 Å². The van der Waals surface area contributed by atoms with Crippen molar-refractivity contribution < 1.29 is 13.9 Å². The number of ether oxygens (including phenoxy) is 1. The summed E-state index contributed by atoms with van der Waals surface area (Å²) in [4.78, 5) is 12.5. The maximum atomic E-state index is 13.8. The Bertz CT molecular complexity index is 793. The van der Waals surface area contributed by atoms with Gasteiger partial charge in [0.2, 0.25) is 5.78 Å². The Balaban J connectivity index is 2.48. The summed E-state index contributed by atoms with van der Waals surface area (Å²) in [6, 6.07) is 12.7. The highest BCUT2D eigenvalue weighted by Gasteiger charge is 2.17. The van der Waals surface area contributed by atoms with Crippen molar-refractivity contribution in [2.45, 2.75) is 0 Å². The molecule has 0 heterocycles. The van der Waals surface area contributed by atoms with Gasteiger partial charge in [0.15, 0.2) is 0 Å². The molecule has 22 heavy (non-hydrogen) atoms. The summed E-state index contributed by atoms with van der Waals surface area (Å²) >= 11 is 3.23. The first-order valence-corrected chi connectivity index (χ1v) is 7.10. The molecule has 5 heteroatoms. The smallest absolute Gasteiger partial charge is 0.207 e. The summed E-state index contributed by atoms with van der Waals surface area (Å²) in [6.07, 6.45) is 1.23. The molecule has 0 fully saturated rings. The zero-order valence-corrected chi connectivity index (χ0v) is 13.2. The van der Waals surface area contributed by atoms with Crippen LogP contribution in [0.4, 0.5) is 4.39 Å². The monoisotopic (exact) mass is 359 g/mol. The first-order chi connectivity index (χ1) is 10.6. The topological polar surface area (TPSA) is 50.1 Å². The highest BCUT2D eigenvalue weighted by molar-refractivity contribution is 9.10. The molecule has 0 unspecified atom stereocenters. The van der Waals surface area contributed by atoms with Gasteiger partial charge < -0.3 is 4.74 Å². The third kappa shape index (κ3) is 3.41. The Kier molecular flexibility index (Phi) is 5.08. The molecule has 0 aliphatic carbocycles. The van der Waals surface area contributed by atoms with E-state index < -0.39 is 11.6 Å². The van der Waals surface area contributed by atoms with Gasteiger partial charge in [0.25, 0.3) is 0 Å². The molecular formula is C17H11BrFNO2. The number of halogens is 2. The molecule has 0 spiro atoms. The van der Waals surface area contributed by atoms with Gasteiger partial charge in [0.05, 0.1) is 12.7 Å². The molecule has 0 radical (unpaired) electrons. The summed E-state index contributed by atoms with van der Waals surface area (Å²) in [6.45, 7) is 0. The molecule has 0 aromatic heterocycles. The number of carbonyl (C=O) groups excluding carboxylic acids is 1. The van der Waals surface area contributed by atoms with Crippen LogP contribution in [0.2, 0.25) is 0 Å². The fourth-order valence-electron chi connectivity index (χ4n) is 1.91. The van der Waals surface area contributed by atoms with Gasteiger partial charge in [-0.2, -0.15) is 5.26 Å². The lowest BCUT2D eigenvalue weighted by molar-refractivity contribution is 0.103. The Labute approximate surface area is 135 Å². The summed E-state index contributed by atoms with van der Waals surface area (Å²) in [5, 5.41) is 9.23. The maximum absolute atomic E-state index is 13.8. The number of Topliss-reactive ketones (excluding diaryl/α,β-unsaturated/α-hetero) is 1. The van der Waals surface area contributed by atoms with E-state index in [9.17, 15) is 14.4 Å². The number of benzene rings is 2. The van der Waals surface area contributed by atoms with Gasteiger partial charge in [-0.05, 0) is 36.4 Å². The van der Waals surface area contributed by atoms with Gasteiger partial charge in [-0.15, -0.1) is 0 Å². The van der Waals surface area contributed by atoms with Crippen molar-refractivity contribution in [3.63, 3.8) is 0 Å². The van der Waals surface area contributed by atoms with Gasteiger partial charge in [-0.1, -0.05) is 28.1 Å². The molecule has 2 aromatic carbocycles. The molecule has 3 nitrogen and oxygen atoms in total. The lowest BCUT2D eigenvalue weighted by atomic mass is 10.0. The van der Waals surface area contributed by atoms with Crippen molar-refractivity contribution in [2.24, 2.45) is 0 Å². The van der Waals surface area contributed by atoms with Gasteiger partial charge in [0, 0.05) is 10.0 Å². The van der Waals surface area contributed by atoms with Crippen LogP contribution in [0.25, 0.3) is 6.08 Å². The third-order valence-corrected chi connectivity index (χ3v) is 3.47.